The summed E-state index contributed by atoms with van der Waals surface area (Å²) in [5.41, 5.74) is 3.37. The fourth-order valence-corrected chi connectivity index (χ4v) is 3.34. The minimum absolute atomic E-state index is 0.0869. The zero-order valence-corrected chi connectivity index (χ0v) is 14.8. The van der Waals surface area contributed by atoms with E-state index >= 15 is 0 Å². The van der Waals surface area contributed by atoms with E-state index < -0.39 is 0 Å². The van der Waals surface area contributed by atoms with Gasteiger partial charge >= 0.3 is 0 Å². The Hall–Kier alpha value is -1.81. The third-order valence-corrected chi connectivity index (χ3v) is 5.09. The van der Waals surface area contributed by atoms with Crippen LogP contribution in [-0.2, 0) is 4.79 Å². The quantitative estimate of drug-likeness (QED) is 0.852. The van der Waals surface area contributed by atoms with Crippen LogP contribution in [-0.4, -0.2) is 19.0 Å². The van der Waals surface area contributed by atoms with Crippen LogP contribution in [0, 0.1) is 12.8 Å². The lowest BCUT2D eigenvalue weighted by atomic mass is 9.95. The second kappa shape index (κ2) is 7.18. The van der Waals surface area contributed by atoms with E-state index in [0.717, 1.165) is 36.1 Å². The van der Waals surface area contributed by atoms with Crippen LogP contribution >= 0.6 is 15.9 Å². The SMILES string of the molecule is Cc1ccc(N2CCC(C(=O)Nc3ccccc3Br)CC2)cc1. The molecule has 0 radical (unpaired) electrons. The van der Waals surface area contributed by atoms with E-state index in [1.807, 2.05) is 24.3 Å². The molecule has 0 unspecified atom stereocenters. The summed E-state index contributed by atoms with van der Waals surface area (Å²) in [6.45, 7) is 3.95. The van der Waals surface area contributed by atoms with Gasteiger partial charge in [0.05, 0.1) is 5.69 Å². The molecule has 4 heteroatoms. The van der Waals surface area contributed by atoms with Gasteiger partial charge < -0.3 is 10.2 Å². The van der Waals surface area contributed by atoms with Crippen LogP contribution in [0.25, 0.3) is 0 Å². The van der Waals surface area contributed by atoms with E-state index in [1.165, 1.54) is 11.3 Å². The van der Waals surface area contributed by atoms with E-state index in [0.29, 0.717) is 0 Å². The minimum Gasteiger partial charge on any atom is -0.371 e. The van der Waals surface area contributed by atoms with Crippen LogP contribution in [0.15, 0.2) is 53.0 Å². The average Bonchev–Trinajstić information content (AvgIpc) is 2.58. The number of benzene rings is 2. The fraction of sp³-hybridized carbons (Fsp3) is 0.316. The number of hydrogen-bond donors (Lipinski definition) is 1. The van der Waals surface area contributed by atoms with Crippen LogP contribution in [0.1, 0.15) is 18.4 Å². The number of aryl methyl sites for hydroxylation is 1. The number of para-hydroxylation sites is 1. The van der Waals surface area contributed by atoms with Crippen LogP contribution in [0.2, 0.25) is 0 Å². The molecular formula is C19H21BrN2O. The smallest absolute Gasteiger partial charge is 0.227 e. The molecule has 0 spiro atoms. The van der Waals surface area contributed by atoms with Crippen molar-refractivity contribution >= 4 is 33.2 Å². The van der Waals surface area contributed by atoms with Crippen molar-refractivity contribution in [3.63, 3.8) is 0 Å². The van der Waals surface area contributed by atoms with E-state index in [1.54, 1.807) is 0 Å². The molecule has 2 aromatic carbocycles. The molecule has 1 fully saturated rings. The van der Waals surface area contributed by atoms with Crippen molar-refractivity contribution in [1.29, 1.82) is 0 Å². The van der Waals surface area contributed by atoms with Gasteiger partial charge in [0.2, 0.25) is 5.91 Å². The minimum atomic E-state index is 0.0869. The van der Waals surface area contributed by atoms with Crippen molar-refractivity contribution < 1.29 is 4.79 Å². The summed E-state index contributed by atoms with van der Waals surface area (Å²) in [6, 6.07) is 16.3. The van der Waals surface area contributed by atoms with Gasteiger partial charge in [0.15, 0.2) is 0 Å². The number of carbonyl (C=O) groups is 1. The number of halogens is 1. The third-order valence-electron chi connectivity index (χ3n) is 4.40. The standard InChI is InChI=1S/C19H21BrN2O/c1-14-6-8-16(9-7-14)22-12-10-15(11-13-22)19(23)21-18-5-3-2-4-17(18)20/h2-9,15H,10-13H2,1H3,(H,21,23). The van der Waals surface area contributed by atoms with Crippen LogP contribution in [0.3, 0.4) is 0 Å². The van der Waals surface area contributed by atoms with Crippen molar-refractivity contribution in [2.45, 2.75) is 19.8 Å². The molecule has 3 nitrogen and oxygen atoms in total. The first-order chi connectivity index (χ1) is 11.1. The lowest BCUT2D eigenvalue weighted by Crippen LogP contribution is -2.38. The molecule has 2 aromatic rings. The van der Waals surface area contributed by atoms with Crippen molar-refractivity contribution in [3.05, 3.63) is 58.6 Å². The molecule has 3 rings (SSSR count). The van der Waals surface area contributed by atoms with Gasteiger partial charge in [0.25, 0.3) is 0 Å². The first kappa shape index (κ1) is 16.1. The Kier molecular flexibility index (Phi) is 5.01. The average molecular weight is 373 g/mol. The van der Waals surface area contributed by atoms with Crippen molar-refractivity contribution in [1.82, 2.24) is 0 Å². The number of nitrogens with one attached hydrogen (secondary N) is 1. The summed E-state index contributed by atoms with van der Waals surface area (Å²) in [7, 11) is 0. The lowest BCUT2D eigenvalue weighted by Gasteiger charge is -2.33. The summed E-state index contributed by atoms with van der Waals surface area (Å²) in [6.07, 6.45) is 1.79. The highest BCUT2D eigenvalue weighted by Gasteiger charge is 2.25. The number of amides is 1. The Labute approximate surface area is 145 Å². The van der Waals surface area contributed by atoms with E-state index in [9.17, 15) is 4.79 Å². The molecular weight excluding hydrogens is 352 g/mol. The molecule has 23 heavy (non-hydrogen) atoms. The van der Waals surface area contributed by atoms with Crippen LogP contribution < -0.4 is 10.2 Å². The highest BCUT2D eigenvalue weighted by Crippen LogP contribution is 2.26. The molecule has 120 valence electrons. The fourth-order valence-electron chi connectivity index (χ4n) is 2.95. The molecule has 1 aliphatic rings. The van der Waals surface area contributed by atoms with Gasteiger partial charge in [-0.3, -0.25) is 4.79 Å². The number of hydrogen-bond acceptors (Lipinski definition) is 2. The van der Waals surface area contributed by atoms with Crippen molar-refractivity contribution in [2.75, 3.05) is 23.3 Å². The van der Waals surface area contributed by atoms with Gasteiger partial charge in [-0.25, -0.2) is 0 Å². The molecule has 1 heterocycles. The van der Waals surface area contributed by atoms with E-state index in [2.05, 4.69) is 57.3 Å². The summed E-state index contributed by atoms with van der Waals surface area (Å²) in [4.78, 5) is 14.8. The number of carbonyl (C=O) groups excluding carboxylic acids is 1. The molecule has 1 N–H and O–H groups in total. The number of rotatable bonds is 3. The summed E-state index contributed by atoms with van der Waals surface area (Å²) < 4.78 is 0.922. The molecule has 0 aromatic heterocycles. The Morgan fingerprint density at radius 1 is 1.09 bits per heavy atom. The molecule has 0 atom stereocenters. The molecule has 1 aliphatic heterocycles. The summed E-state index contributed by atoms with van der Waals surface area (Å²) in [5, 5.41) is 3.04. The molecule has 0 saturated carbocycles. The van der Waals surface area contributed by atoms with Gasteiger partial charge in [-0.2, -0.15) is 0 Å². The number of nitrogens with zero attached hydrogens (tertiary/aromatic N) is 1. The van der Waals surface area contributed by atoms with Gasteiger partial charge in [-0.15, -0.1) is 0 Å². The topological polar surface area (TPSA) is 32.3 Å². The zero-order chi connectivity index (χ0) is 16.2. The summed E-state index contributed by atoms with van der Waals surface area (Å²) in [5.74, 6) is 0.212. The highest BCUT2D eigenvalue weighted by atomic mass is 79.9. The second-order valence-corrected chi connectivity index (χ2v) is 6.92. The third kappa shape index (κ3) is 3.94. The lowest BCUT2D eigenvalue weighted by molar-refractivity contribution is -0.120. The Morgan fingerprint density at radius 2 is 1.74 bits per heavy atom. The van der Waals surface area contributed by atoms with Crippen LogP contribution in [0.4, 0.5) is 11.4 Å². The van der Waals surface area contributed by atoms with Crippen molar-refractivity contribution in [3.8, 4) is 0 Å². The monoisotopic (exact) mass is 372 g/mol. The number of anilines is 2. The second-order valence-electron chi connectivity index (χ2n) is 6.07. The molecule has 0 bridgehead atoms. The van der Waals surface area contributed by atoms with Crippen molar-refractivity contribution in [2.24, 2.45) is 5.92 Å². The number of piperidine rings is 1. The van der Waals surface area contributed by atoms with E-state index in [-0.39, 0.29) is 11.8 Å². The first-order valence-electron chi connectivity index (χ1n) is 8.00. The molecule has 0 aliphatic carbocycles. The first-order valence-corrected chi connectivity index (χ1v) is 8.80. The maximum Gasteiger partial charge on any atom is 0.227 e. The highest BCUT2D eigenvalue weighted by molar-refractivity contribution is 9.10. The summed E-state index contributed by atoms with van der Waals surface area (Å²) >= 11 is 3.47. The predicted octanol–water partition coefficient (Wildman–Crippen LogP) is 4.61. The predicted molar refractivity (Wildman–Crippen MR) is 98.9 cm³/mol. The van der Waals surface area contributed by atoms with E-state index in [4.69, 9.17) is 0 Å². The van der Waals surface area contributed by atoms with Gasteiger partial charge in [0.1, 0.15) is 0 Å². The van der Waals surface area contributed by atoms with Gasteiger partial charge in [-0.1, -0.05) is 29.8 Å². The Morgan fingerprint density at radius 3 is 2.39 bits per heavy atom. The Balaban J connectivity index is 1.57. The zero-order valence-electron chi connectivity index (χ0n) is 13.3. The maximum atomic E-state index is 12.5. The maximum absolute atomic E-state index is 12.5. The van der Waals surface area contributed by atoms with Gasteiger partial charge in [-0.05, 0) is 60.0 Å². The largest absolute Gasteiger partial charge is 0.371 e. The Bertz CT molecular complexity index is 676. The molecule has 1 saturated heterocycles. The van der Waals surface area contributed by atoms with Crippen LogP contribution in [0.5, 0.6) is 0 Å². The van der Waals surface area contributed by atoms with Gasteiger partial charge in [0, 0.05) is 29.2 Å². The molecule has 1 amide bonds. The normalized spacial score (nSPS) is 15.5.